The molecule has 4 fully saturated rings. The van der Waals surface area contributed by atoms with Crippen molar-refractivity contribution in [2.24, 2.45) is 17.8 Å². The van der Waals surface area contributed by atoms with Gasteiger partial charge in [-0.25, -0.2) is 14.0 Å². The maximum Gasteiger partial charge on any atom is 0.411 e. The van der Waals surface area contributed by atoms with Gasteiger partial charge in [0, 0.05) is 62.3 Å². The van der Waals surface area contributed by atoms with Crippen molar-refractivity contribution < 1.29 is 57.5 Å². The van der Waals surface area contributed by atoms with Crippen LogP contribution in [0.15, 0.2) is 24.5 Å². The summed E-state index contributed by atoms with van der Waals surface area (Å²) in [4.78, 5) is 71.3. The average Bonchev–Trinajstić information content (AvgIpc) is 3.46. The molecule has 13 atom stereocenters. The fourth-order valence-corrected chi connectivity index (χ4v) is 10.1. The third-order valence-corrected chi connectivity index (χ3v) is 13.5. The first-order valence-electron chi connectivity index (χ1n) is 20.9. The smallest absolute Gasteiger partial charge is 0.411 e. The third-order valence-electron chi connectivity index (χ3n) is 13.5. The van der Waals surface area contributed by atoms with Crippen LogP contribution in [0.3, 0.4) is 0 Å². The van der Waals surface area contributed by atoms with E-state index in [-0.39, 0.29) is 36.5 Å². The Morgan fingerprint density at radius 1 is 1.05 bits per heavy atom. The standard InChI is InChI=1S/C43H62FN5O11/c1-12-31-43(8)35(49(40(55)60-43)26-19-48(20-26)21-27-30(50)18-46-28-14-13-15-45-32(27)28)24(4)33(51)22(2)17-41(6,56-11)37(25(5)36(53)42(7,44)39(54)58-31)59-38-34(52)29(47(9)10)16-23(3)57-38/h13-15,18,22-26,29,31,34-35,37-38,50,52H,12,16-17,19-21H2,1-11H3/t22-,23-,24+,25+,29+,31-,34-,35-,37-,38+,41-,42+,43-/m1/s1. The molecule has 4 aliphatic heterocycles. The highest BCUT2D eigenvalue weighted by molar-refractivity contribution is 6.08. The molecule has 0 aliphatic carbocycles. The molecule has 6 rings (SSSR count). The molecule has 2 aromatic heterocycles. The number of aliphatic hydroxyl groups excluding tert-OH is 1. The first kappa shape index (κ1) is 45.7. The summed E-state index contributed by atoms with van der Waals surface area (Å²) in [5, 5.41) is 22.2. The molecule has 1 amide bonds. The number of pyridine rings is 2. The third kappa shape index (κ3) is 8.13. The quantitative estimate of drug-likeness (QED) is 0.288. The van der Waals surface area contributed by atoms with Gasteiger partial charge < -0.3 is 38.8 Å². The van der Waals surface area contributed by atoms with E-state index in [2.05, 4.69) is 9.97 Å². The van der Waals surface area contributed by atoms with Gasteiger partial charge in [0.2, 0.25) is 0 Å². The monoisotopic (exact) mass is 843 g/mol. The van der Waals surface area contributed by atoms with Crippen molar-refractivity contribution >= 4 is 34.7 Å². The number of esters is 1. The minimum absolute atomic E-state index is 0.0112. The molecule has 0 spiro atoms. The lowest BCUT2D eigenvalue weighted by atomic mass is 9.72. The predicted molar refractivity (Wildman–Crippen MR) is 215 cm³/mol. The minimum atomic E-state index is -3.20. The second-order valence-electron chi connectivity index (χ2n) is 18.1. The van der Waals surface area contributed by atoms with Crippen LogP contribution in [0.5, 0.6) is 5.75 Å². The van der Waals surface area contributed by atoms with Gasteiger partial charge in [-0.15, -0.1) is 0 Å². The number of hydrogen-bond acceptors (Lipinski definition) is 15. The number of Topliss-reactive ketones (excluding diaryl/α,β-unsaturated/α-hetero) is 2. The highest BCUT2D eigenvalue weighted by Crippen LogP contribution is 2.45. The van der Waals surface area contributed by atoms with E-state index in [1.165, 1.54) is 25.1 Å². The van der Waals surface area contributed by atoms with Crippen molar-refractivity contribution in [1.29, 1.82) is 0 Å². The summed E-state index contributed by atoms with van der Waals surface area (Å²) < 4.78 is 47.7. The number of hydrogen-bond donors (Lipinski definition) is 2. The molecule has 60 heavy (non-hydrogen) atoms. The largest absolute Gasteiger partial charge is 0.506 e. The molecule has 4 aliphatic rings. The number of fused-ring (bicyclic) bond motifs is 2. The van der Waals surface area contributed by atoms with E-state index in [0.29, 0.717) is 42.7 Å². The second kappa shape index (κ2) is 17.1. The fourth-order valence-electron chi connectivity index (χ4n) is 10.1. The summed E-state index contributed by atoms with van der Waals surface area (Å²) >= 11 is 0. The van der Waals surface area contributed by atoms with Gasteiger partial charge in [-0.05, 0) is 73.2 Å². The Balaban J connectivity index is 1.35. The van der Waals surface area contributed by atoms with Crippen LogP contribution in [-0.2, 0) is 44.6 Å². The van der Waals surface area contributed by atoms with Crippen LogP contribution in [0, 0.1) is 17.8 Å². The first-order chi connectivity index (χ1) is 28.1. The summed E-state index contributed by atoms with van der Waals surface area (Å²) in [5.41, 5.74) is -4.56. The number of aliphatic hydroxyl groups is 1. The van der Waals surface area contributed by atoms with Crippen LogP contribution in [0.1, 0.15) is 80.2 Å². The number of ether oxygens (including phenoxy) is 5. The Bertz CT molecular complexity index is 1950. The molecular formula is C43H62FN5O11. The number of methoxy groups -OCH3 is 1. The number of carbonyl (C=O) groups is 4. The maximum absolute atomic E-state index is 17.0. The number of nitrogens with zero attached hydrogens (tertiary/aromatic N) is 5. The van der Waals surface area contributed by atoms with Gasteiger partial charge in [-0.2, -0.15) is 0 Å². The van der Waals surface area contributed by atoms with Gasteiger partial charge in [-0.1, -0.05) is 27.7 Å². The number of alkyl halides is 1. The normalized spacial score (nSPS) is 39.0. The zero-order valence-corrected chi connectivity index (χ0v) is 36.6. The molecular weight excluding hydrogens is 781 g/mol. The summed E-state index contributed by atoms with van der Waals surface area (Å²) in [6.07, 6.45) is -2.57. The fraction of sp³-hybridized carbons (Fsp3) is 0.721. The number of amides is 1. The number of rotatable bonds is 8. The highest BCUT2D eigenvalue weighted by Gasteiger charge is 2.63. The molecule has 332 valence electrons. The summed E-state index contributed by atoms with van der Waals surface area (Å²) in [6.45, 7) is 13.4. The predicted octanol–water partition coefficient (Wildman–Crippen LogP) is 3.82. The molecule has 4 saturated heterocycles. The van der Waals surface area contributed by atoms with Crippen LogP contribution in [0.4, 0.5) is 9.18 Å². The topological polar surface area (TPSA) is 190 Å². The molecule has 2 aromatic rings. The number of carbonyl (C=O) groups excluding carboxylic acids is 4. The van der Waals surface area contributed by atoms with Gasteiger partial charge in [0.25, 0.3) is 5.67 Å². The molecule has 17 heteroatoms. The average molecular weight is 844 g/mol. The number of halogens is 1. The van der Waals surface area contributed by atoms with Crippen molar-refractivity contribution in [3.05, 3.63) is 30.1 Å². The van der Waals surface area contributed by atoms with Crippen molar-refractivity contribution in [1.82, 2.24) is 24.7 Å². The summed E-state index contributed by atoms with van der Waals surface area (Å²) in [7, 11) is 5.03. The van der Waals surface area contributed by atoms with Gasteiger partial charge >= 0.3 is 12.1 Å². The zero-order chi connectivity index (χ0) is 44.2. The van der Waals surface area contributed by atoms with Crippen molar-refractivity contribution in [3.63, 3.8) is 0 Å². The van der Waals surface area contributed by atoms with Crippen molar-refractivity contribution in [2.45, 2.75) is 147 Å². The van der Waals surface area contributed by atoms with E-state index in [0.717, 1.165) is 6.92 Å². The number of ketones is 2. The number of likely N-dealkylation sites (tertiary alicyclic amines) is 1. The number of aromatic nitrogens is 2. The molecule has 16 nitrogen and oxygen atoms in total. The van der Waals surface area contributed by atoms with E-state index in [1.807, 2.05) is 30.8 Å². The summed E-state index contributed by atoms with van der Waals surface area (Å²) in [6, 6.07) is 1.75. The molecule has 0 unspecified atom stereocenters. The first-order valence-corrected chi connectivity index (χ1v) is 20.9. The van der Waals surface area contributed by atoms with Crippen LogP contribution < -0.4 is 0 Å². The maximum atomic E-state index is 17.0. The molecule has 2 N–H and O–H groups in total. The van der Waals surface area contributed by atoms with Crippen LogP contribution in [0.25, 0.3) is 11.0 Å². The van der Waals surface area contributed by atoms with Crippen LogP contribution in [0.2, 0.25) is 0 Å². The van der Waals surface area contributed by atoms with Gasteiger partial charge in [0.05, 0.1) is 47.1 Å². The van der Waals surface area contributed by atoms with Crippen LogP contribution in [-0.4, -0.2) is 159 Å². The van der Waals surface area contributed by atoms with Gasteiger partial charge in [-0.3, -0.25) is 29.4 Å². The molecule has 6 heterocycles. The Morgan fingerprint density at radius 2 is 1.73 bits per heavy atom. The Labute approximate surface area is 351 Å². The van der Waals surface area contributed by atoms with Crippen molar-refractivity contribution in [2.75, 3.05) is 34.3 Å². The van der Waals surface area contributed by atoms with Gasteiger partial charge in [0.1, 0.15) is 23.7 Å². The highest BCUT2D eigenvalue weighted by atomic mass is 19.1. The second-order valence-corrected chi connectivity index (χ2v) is 18.1. The van der Waals surface area contributed by atoms with Gasteiger partial charge in [0.15, 0.2) is 17.7 Å². The Hall–Kier alpha value is -3.87. The van der Waals surface area contributed by atoms with E-state index in [4.69, 9.17) is 23.7 Å². The van der Waals surface area contributed by atoms with E-state index >= 15 is 4.39 Å². The SMILES string of the molecule is CC[C@H]1OC(=O)[C@@](C)(F)C(=O)[C@H](C)[C@@H](O[C@@H]2O[C@H](C)C[C@H](N(C)C)[C@H]2O)[C@](C)(OC)C[C@@H](C)C(=O)[C@H](C)[C@H]2N(C3CN(Cc4c(O)cnc5cccnc45)C3)C(=O)O[C@]12C. The molecule has 0 radical (unpaired) electrons. The number of likely N-dealkylation sites (N-methyl/N-ethyl adjacent to an activating group) is 1. The minimum Gasteiger partial charge on any atom is -0.506 e. The molecule has 0 aromatic carbocycles. The number of aromatic hydroxyl groups is 1. The Morgan fingerprint density at radius 3 is 2.37 bits per heavy atom. The zero-order valence-electron chi connectivity index (χ0n) is 36.6. The lowest BCUT2D eigenvalue weighted by molar-refractivity contribution is -0.295. The number of cyclic esters (lactones) is 1. The van der Waals surface area contributed by atoms with Crippen molar-refractivity contribution in [3.8, 4) is 5.75 Å². The van der Waals surface area contributed by atoms with E-state index < -0.39 is 89.2 Å². The lowest BCUT2D eigenvalue weighted by Gasteiger charge is -2.49. The molecule has 0 saturated carbocycles. The van der Waals surface area contributed by atoms with E-state index in [1.54, 1.807) is 52.9 Å². The lowest BCUT2D eigenvalue weighted by Crippen LogP contribution is -2.66. The summed E-state index contributed by atoms with van der Waals surface area (Å²) in [5.74, 6) is -5.96. The van der Waals surface area contributed by atoms with Crippen LogP contribution >= 0.6 is 0 Å². The molecule has 0 bridgehead atoms. The van der Waals surface area contributed by atoms with E-state index in [9.17, 15) is 29.4 Å². The Kier molecular flexibility index (Phi) is 13.0.